The second-order valence-corrected chi connectivity index (χ2v) is 10.8. The van der Waals surface area contributed by atoms with E-state index in [1.54, 1.807) is 48.7 Å². The van der Waals surface area contributed by atoms with Gasteiger partial charge in [-0.25, -0.2) is 19.6 Å². The number of unbranched alkanes of at least 4 members (excludes halogenated alkanes) is 4. The summed E-state index contributed by atoms with van der Waals surface area (Å²) in [7, 11) is 1.29. The molecule has 2 aromatic carbocycles. The summed E-state index contributed by atoms with van der Waals surface area (Å²) in [5, 5.41) is 14.0. The number of esters is 1. The Bertz CT molecular complexity index is 1660. The van der Waals surface area contributed by atoms with E-state index >= 15 is 0 Å². The Morgan fingerprint density at radius 2 is 1.79 bits per heavy atom. The molecule has 248 valence electrons. The minimum Gasteiger partial charge on any atom is -0.469 e. The number of carbonyl (C=O) groups excluding carboxylic acids is 3. The summed E-state index contributed by atoms with van der Waals surface area (Å²) < 4.78 is 15.6. The van der Waals surface area contributed by atoms with Gasteiger partial charge in [-0.05, 0) is 61.9 Å². The standard InChI is InChI=1S/C34H41N7O6/c1-4-5-6-7-10-21-46-33(43)40-32(35)24-12-14-25(15-13-24)37-22-28-38-26-16-17-27(23(2)31(26)39-28)47-34(44)41(20-18-30(42)45-3)29-11-8-9-19-36-29/h8-9,11-17,19,37H,4-7,10,18,20-22H2,1-3H3,(H,38,39)(H2,35,40,43). The maximum atomic E-state index is 13.2. The number of benzene rings is 2. The summed E-state index contributed by atoms with van der Waals surface area (Å²) in [5.41, 5.74) is 3.42. The van der Waals surface area contributed by atoms with Crippen LogP contribution in [0.2, 0.25) is 0 Å². The van der Waals surface area contributed by atoms with E-state index in [0.29, 0.717) is 47.2 Å². The Morgan fingerprint density at radius 3 is 2.51 bits per heavy atom. The number of ether oxygens (including phenoxy) is 3. The summed E-state index contributed by atoms with van der Waals surface area (Å²) in [6.07, 6.45) is 5.50. The van der Waals surface area contributed by atoms with Crippen molar-refractivity contribution in [2.75, 3.05) is 30.5 Å². The van der Waals surface area contributed by atoms with Crippen molar-refractivity contribution < 1.29 is 28.6 Å². The van der Waals surface area contributed by atoms with Crippen molar-refractivity contribution in [3.63, 3.8) is 0 Å². The molecule has 0 radical (unpaired) electrons. The molecule has 2 amide bonds. The first kappa shape index (κ1) is 34.4. The molecule has 13 heteroatoms. The third-order valence-corrected chi connectivity index (χ3v) is 7.36. The zero-order valence-corrected chi connectivity index (χ0v) is 26.9. The number of pyridine rings is 1. The van der Waals surface area contributed by atoms with Crippen LogP contribution in [0.3, 0.4) is 0 Å². The lowest BCUT2D eigenvalue weighted by Crippen LogP contribution is -2.36. The van der Waals surface area contributed by atoms with Gasteiger partial charge in [-0.1, -0.05) is 38.7 Å². The van der Waals surface area contributed by atoms with Crippen molar-refractivity contribution in [3.05, 3.63) is 77.7 Å². The first-order valence-corrected chi connectivity index (χ1v) is 15.6. The highest BCUT2D eigenvalue weighted by Gasteiger charge is 2.22. The highest BCUT2D eigenvalue weighted by molar-refractivity contribution is 6.04. The van der Waals surface area contributed by atoms with Crippen LogP contribution in [0.15, 0.2) is 60.8 Å². The van der Waals surface area contributed by atoms with Crippen LogP contribution in [-0.4, -0.2) is 59.2 Å². The Labute approximate surface area is 273 Å². The number of amidine groups is 1. The Hall–Kier alpha value is -5.46. The van der Waals surface area contributed by atoms with Crippen LogP contribution < -0.4 is 20.3 Å². The van der Waals surface area contributed by atoms with Crippen molar-refractivity contribution >= 4 is 46.5 Å². The molecule has 0 atom stereocenters. The number of H-pyrrole nitrogens is 1. The van der Waals surface area contributed by atoms with E-state index in [9.17, 15) is 14.4 Å². The van der Waals surface area contributed by atoms with Crippen molar-refractivity contribution in [1.82, 2.24) is 20.3 Å². The van der Waals surface area contributed by atoms with Gasteiger partial charge in [0.25, 0.3) is 0 Å². The number of aromatic nitrogens is 3. The molecule has 0 spiro atoms. The number of imidazole rings is 1. The molecule has 0 aliphatic carbocycles. The number of carbonyl (C=O) groups is 3. The predicted octanol–water partition coefficient (Wildman–Crippen LogP) is 6.47. The van der Waals surface area contributed by atoms with Crippen molar-refractivity contribution in [3.8, 4) is 5.75 Å². The van der Waals surface area contributed by atoms with Crippen LogP contribution >= 0.6 is 0 Å². The first-order valence-electron chi connectivity index (χ1n) is 15.6. The molecular formula is C34H41N7O6. The molecule has 0 saturated carbocycles. The van der Waals surface area contributed by atoms with E-state index in [1.807, 2.05) is 19.1 Å². The van der Waals surface area contributed by atoms with E-state index < -0.39 is 18.2 Å². The SMILES string of the molecule is CCCCCCCOC(=O)NC(=N)c1ccc(NCc2nc3c(C)c(OC(=O)N(CCC(=O)OC)c4ccccn4)ccc3[nH]2)cc1. The minimum atomic E-state index is -0.686. The number of hydrogen-bond donors (Lipinski definition) is 4. The number of aromatic amines is 1. The van der Waals surface area contributed by atoms with Gasteiger partial charge in [0.15, 0.2) is 0 Å². The Kier molecular flexibility index (Phi) is 12.7. The fraction of sp³-hybridized carbons (Fsp3) is 0.353. The molecule has 2 aromatic heterocycles. The van der Waals surface area contributed by atoms with Gasteiger partial charge in [0.05, 0.1) is 37.7 Å². The van der Waals surface area contributed by atoms with Gasteiger partial charge in [0, 0.05) is 29.6 Å². The molecular weight excluding hydrogens is 602 g/mol. The largest absolute Gasteiger partial charge is 0.469 e. The first-order chi connectivity index (χ1) is 22.8. The normalized spacial score (nSPS) is 10.7. The van der Waals surface area contributed by atoms with Gasteiger partial charge in [0.2, 0.25) is 0 Å². The van der Waals surface area contributed by atoms with E-state index in [2.05, 4.69) is 27.5 Å². The Morgan fingerprint density at radius 1 is 1.00 bits per heavy atom. The highest BCUT2D eigenvalue weighted by atomic mass is 16.6. The molecule has 0 fully saturated rings. The molecule has 0 bridgehead atoms. The number of nitrogens with one attached hydrogen (secondary N) is 4. The number of fused-ring (bicyclic) bond motifs is 1. The molecule has 0 unspecified atom stereocenters. The second kappa shape index (κ2) is 17.3. The molecule has 4 N–H and O–H groups in total. The maximum Gasteiger partial charge on any atom is 0.420 e. The molecule has 0 saturated heterocycles. The lowest BCUT2D eigenvalue weighted by molar-refractivity contribution is -0.140. The van der Waals surface area contributed by atoms with Crippen molar-refractivity contribution in [2.24, 2.45) is 0 Å². The number of hydrogen-bond acceptors (Lipinski definition) is 10. The van der Waals surface area contributed by atoms with Crippen LogP contribution in [0.1, 0.15) is 62.4 Å². The number of anilines is 2. The summed E-state index contributed by atoms with van der Waals surface area (Å²) >= 11 is 0. The zero-order chi connectivity index (χ0) is 33.6. The highest BCUT2D eigenvalue weighted by Crippen LogP contribution is 2.27. The topological polar surface area (TPSA) is 172 Å². The quantitative estimate of drug-likeness (QED) is 0.0490. The lowest BCUT2D eigenvalue weighted by atomic mass is 10.2. The lowest BCUT2D eigenvalue weighted by Gasteiger charge is -2.21. The predicted molar refractivity (Wildman–Crippen MR) is 179 cm³/mol. The Balaban J connectivity index is 1.32. The van der Waals surface area contributed by atoms with E-state index in [0.717, 1.165) is 36.9 Å². The number of alkyl carbamates (subject to hydrolysis) is 1. The smallest absolute Gasteiger partial charge is 0.420 e. The number of aryl methyl sites for hydroxylation is 1. The number of methoxy groups -OCH3 is 1. The minimum absolute atomic E-state index is 0.0218. The molecule has 47 heavy (non-hydrogen) atoms. The summed E-state index contributed by atoms with van der Waals surface area (Å²) in [6.45, 7) is 4.71. The third-order valence-electron chi connectivity index (χ3n) is 7.36. The molecule has 4 aromatic rings. The van der Waals surface area contributed by atoms with Crippen LogP contribution in [0.5, 0.6) is 5.75 Å². The van der Waals surface area contributed by atoms with Crippen molar-refractivity contribution in [2.45, 2.75) is 58.9 Å². The van der Waals surface area contributed by atoms with Gasteiger partial charge in [-0.3, -0.25) is 20.4 Å². The van der Waals surface area contributed by atoms with Gasteiger partial charge in [-0.2, -0.15) is 0 Å². The summed E-state index contributed by atoms with van der Waals surface area (Å²) in [6, 6.07) is 15.7. The monoisotopic (exact) mass is 643 g/mol. The fourth-order valence-electron chi connectivity index (χ4n) is 4.73. The van der Waals surface area contributed by atoms with Crippen LogP contribution in [-0.2, 0) is 20.8 Å². The average molecular weight is 644 g/mol. The van der Waals surface area contributed by atoms with E-state index in [-0.39, 0.29) is 18.8 Å². The number of amides is 2. The number of nitrogens with zero attached hydrogens (tertiary/aromatic N) is 3. The van der Waals surface area contributed by atoms with Gasteiger partial charge < -0.3 is 24.5 Å². The third kappa shape index (κ3) is 10.0. The van der Waals surface area contributed by atoms with Gasteiger partial charge in [-0.15, -0.1) is 0 Å². The summed E-state index contributed by atoms with van der Waals surface area (Å²) in [4.78, 5) is 50.5. The summed E-state index contributed by atoms with van der Waals surface area (Å²) in [5.74, 6) is 0.844. The average Bonchev–Trinajstić information content (AvgIpc) is 3.51. The van der Waals surface area contributed by atoms with E-state index in [1.165, 1.54) is 18.4 Å². The zero-order valence-electron chi connectivity index (χ0n) is 26.9. The van der Waals surface area contributed by atoms with Crippen molar-refractivity contribution in [1.29, 1.82) is 5.41 Å². The molecule has 4 rings (SSSR count). The number of rotatable bonds is 15. The maximum absolute atomic E-state index is 13.2. The van der Waals surface area contributed by atoms with Crippen LogP contribution in [0.25, 0.3) is 11.0 Å². The fourth-order valence-corrected chi connectivity index (χ4v) is 4.73. The molecule has 0 aliphatic rings. The molecule has 2 heterocycles. The molecule has 13 nitrogen and oxygen atoms in total. The van der Waals surface area contributed by atoms with E-state index in [4.69, 9.17) is 24.6 Å². The molecule has 0 aliphatic heterocycles. The van der Waals surface area contributed by atoms with Gasteiger partial charge >= 0.3 is 18.2 Å². The van der Waals surface area contributed by atoms with Gasteiger partial charge in [0.1, 0.15) is 23.2 Å². The van der Waals surface area contributed by atoms with Crippen LogP contribution in [0, 0.1) is 12.3 Å². The second-order valence-electron chi connectivity index (χ2n) is 10.8. The van der Waals surface area contributed by atoms with Crippen LogP contribution in [0.4, 0.5) is 21.1 Å².